The molecule has 5 heterocycles. The van der Waals surface area contributed by atoms with Crippen molar-refractivity contribution in [3.05, 3.63) is 323 Å². The van der Waals surface area contributed by atoms with Crippen molar-refractivity contribution in [2.24, 2.45) is 0 Å². The number of hydrogen-bond acceptors (Lipinski definition) is 4. The third kappa shape index (κ3) is 15.2. The highest BCUT2D eigenvalue weighted by atomic mass is 16.3. The van der Waals surface area contributed by atoms with Crippen molar-refractivity contribution in [1.29, 1.82) is 0 Å². The smallest absolute Gasteiger partial charge is 0.252 e. The Labute approximate surface area is 789 Å². The van der Waals surface area contributed by atoms with Crippen molar-refractivity contribution in [3.63, 3.8) is 0 Å². The third-order valence-corrected chi connectivity index (χ3v) is 28.5. The van der Waals surface area contributed by atoms with Crippen LogP contribution in [-0.4, -0.2) is 11.3 Å². The number of anilines is 4. The molecule has 0 atom stereocenters. The van der Waals surface area contributed by atoms with Crippen LogP contribution in [-0.2, 0) is 48.7 Å². The Bertz CT molecular complexity index is 7560. The summed E-state index contributed by atoms with van der Waals surface area (Å²) in [6.45, 7) is 62.3. The molecular formula is C126H128BN3O2. The zero-order valence-corrected chi connectivity index (χ0v) is 82.5. The molecule has 20 rings (SSSR count). The minimum atomic E-state index is -0.559. The molecule has 0 saturated heterocycles. The van der Waals surface area contributed by atoms with Crippen LogP contribution in [0.2, 0.25) is 0 Å². The topological polar surface area (TPSA) is 55.3 Å². The molecule has 18 aromatic rings. The number of benzene rings is 15. The predicted octanol–water partition coefficient (Wildman–Crippen LogP) is 34.2. The van der Waals surface area contributed by atoms with Gasteiger partial charge >= 0.3 is 0 Å². The minimum absolute atomic E-state index is 0.0806. The van der Waals surface area contributed by atoms with Crippen molar-refractivity contribution in [2.45, 2.75) is 236 Å². The molecular weight excluding hydrogens is 1600 g/mol. The second-order valence-corrected chi connectivity index (χ2v) is 47.4. The highest BCUT2D eigenvalue weighted by Crippen LogP contribution is 2.55. The van der Waals surface area contributed by atoms with Crippen LogP contribution < -0.4 is 27.0 Å². The minimum Gasteiger partial charge on any atom is -0.456 e. The van der Waals surface area contributed by atoms with E-state index in [9.17, 15) is 5.48 Å². The quantitative estimate of drug-likeness (QED) is 0.141. The monoisotopic (exact) mass is 1730 g/mol. The van der Waals surface area contributed by atoms with Crippen LogP contribution >= 0.6 is 0 Å². The summed E-state index contributed by atoms with van der Waals surface area (Å²) in [6.07, 6.45) is 0. The van der Waals surface area contributed by atoms with Gasteiger partial charge in [-0.3, -0.25) is 0 Å². The van der Waals surface area contributed by atoms with E-state index >= 15 is 0 Å². The summed E-state index contributed by atoms with van der Waals surface area (Å²) in [7, 11) is 0. The van der Waals surface area contributed by atoms with E-state index < -0.39 is 6.71 Å². The van der Waals surface area contributed by atoms with Crippen molar-refractivity contribution >= 4 is 112 Å². The van der Waals surface area contributed by atoms with Crippen LogP contribution in [0.15, 0.2) is 282 Å². The first kappa shape index (κ1) is 82.5. The Kier molecular flexibility index (Phi) is 19.0. The molecule has 0 saturated carbocycles. The van der Waals surface area contributed by atoms with Gasteiger partial charge in [0.1, 0.15) is 22.3 Å². The number of hydrogen-bond donors (Lipinski definition) is 2. The first-order valence-electron chi connectivity index (χ1n) is 49.6. The van der Waals surface area contributed by atoms with Gasteiger partial charge in [-0.05, 0) is 260 Å². The molecule has 0 bridgehead atoms. The van der Waals surface area contributed by atoms with E-state index in [2.05, 4.69) is 451 Å². The molecule has 0 aliphatic carbocycles. The van der Waals surface area contributed by atoms with E-state index in [-0.39, 0.29) is 72.9 Å². The zero-order valence-electron chi connectivity index (χ0n) is 86.5. The summed E-state index contributed by atoms with van der Waals surface area (Å²) in [5.41, 5.74) is 37.7. The van der Waals surface area contributed by atoms with Crippen molar-refractivity contribution in [3.8, 4) is 94.7 Å². The Hall–Kier alpha value is -12.6. The van der Waals surface area contributed by atoms with Gasteiger partial charge in [-0.1, -0.05) is 393 Å². The average Bonchev–Trinajstić information content (AvgIpc) is 0.888. The van der Waals surface area contributed by atoms with Gasteiger partial charge in [-0.15, -0.1) is 0 Å². The first-order chi connectivity index (χ1) is 63.7. The lowest BCUT2D eigenvalue weighted by atomic mass is 9.33. The van der Waals surface area contributed by atoms with Gasteiger partial charge in [-0.2, -0.15) is 0 Å². The second kappa shape index (κ2) is 30.5. The predicted molar refractivity (Wildman–Crippen MR) is 571 cm³/mol. The maximum Gasteiger partial charge on any atom is 0.252 e. The number of rotatable bonds is 9. The number of para-hydroxylation sites is 3. The number of furan rings is 2. The van der Waals surface area contributed by atoms with E-state index in [0.717, 1.165) is 188 Å². The maximum atomic E-state index is 10.3. The number of fused-ring (bicyclic) bond motifs is 13. The van der Waals surface area contributed by atoms with Gasteiger partial charge in [0.25, 0.3) is 6.71 Å². The van der Waals surface area contributed by atoms with Gasteiger partial charge in [-0.25, -0.2) is 0 Å². The van der Waals surface area contributed by atoms with Crippen LogP contribution in [0, 0.1) is 0 Å². The fourth-order valence-electron chi connectivity index (χ4n) is 20.5. The molecule has 15 aromatic carbocycles. The summed E-state index contributed by atoms with van der Waals surface area (Å²) in [5.74, 6) is 0. The van der Waals surface area contributed by atoms with Crippen molar-refractivity contribution in [2.75, 3.05) is 10.6 Å². The lowest BCUT2D eigenvalue weighted by Gasteiger charge is -2.38. The normalized spacial score (nSPS) is 13.9. The molecule has 0 fully saturated rings. The van der Waals surface area contributed by atoms with Crippen molar-refractivity contribution in [1.82, 2.24) is 4.57 Å². The Morgan fingerprint density at radius 1 is 0.258 bits per heavy atom. The fourth-order valence-corrected chi connectivity index (χ4v) is 20.5. The van der Waals surface area contributed by atoms with Gasteiger partial charge in [0.15, 0.2) is 0 Å². The van der Waals surface area contributed by atoms with E-state index in [1.807, 2.05) is 0 Å². The second-order valence-electron chi connectivity index (χ2n) is 47.4. The number of nitrogens with zero attached hydrogens (tertiary/aromatic N) is 1. The van der Waals surface area contributed by atoms with E-state index in [1.165, 1.54) is 44.5 Å². The lowest BCUT2D eigenvalue weighted by molar-refractivity contribution is 0.568. The lowest BCUT2D eigenvalue weighted by Crippen LogP contribution is -2.59. The molecule has 0 spiro atoms. The van der Waals surface area contributed by atoms with E-state index in [4.69, 9.17) is 8.83 Å². The summed E-state index contributed by atoms with van der Waals surface area (Å²) in [5, 5.41) is 14.4. The summed E-state index contributed by atoms with van der Waals surface area (Å²) in [6, 6.07) is 94.2. The average molecular weight is 1730 g/mol. The fraction of sp³-hybridized carbons (Fsp3) is 0.286. The van der Waals surface area contributed by atoms with Crippen LogP contribution in [0.1, 0.15) is 242 Å². The van der Waals surface area contributed by atoms with Gasteiger partial charge in [0.05, 0.1) is 22.2 Å². The molecule has 3 aromatic heterocycles. The number of aromatic nitrogens is 1. The van der Waals surface area contributed by atoms with Gasteiger partial charge in [0.2, 0.25) is 0 Å². The molecule has 2 aliphatic rings. The molecule has 2 aliphatic heterocycles. The van der Waals surface area contributed by atoms with Crippen molar-refractivity contribution < 1.29 is 14.3 Å². The number of nitrogens with one attached hydrogen (secondary N) is 2. The molecule has 0 radical (unpaired) electrons. The zero-order chi connectivity index (χ0) is 96.8. The third-order valence-electron chi connectivity index (χ3n) is 28.5. The molecule has 132 heavy (non-hydrogen) atoms. The molecule has 2 N–H and O–H groups in total. The SMILES string of the molecule is [2H]c1c([2H])c([2H])c2c(c1[2H])c1cc(C(C)(C)C)ccc1n2-c1cc2c3c(c1)Nc1c(cc(-c4cc(C(C)(C)C)cc(C(C)(C)C)c4)cc1-c1c(-c4cc(C(C)(C)C)cc(C(C)(C)C)c4)cccc1-c1cccc4oc5ccccc5c14)B3c1cc(-c3cc(C(C)(C)C)cc(C(C)(C)C)c3)cc(-c3c(-c4cc(C(C)(C)C)cc(C(C)(C)C)c4)cccc3-c3cccc4oc5ccccc5c34)c1N2. The Balaban J connectivity index is 1.02. The Morgan fingerprint density at radius 2 is 0.583 bits per heavy atom. The van der Waals surface area contributed by atoms with Gasteiger partial charge < -0.3 is 24.0 Å². The van der Waals surface area contributed by atoms with E-state index in [1.54, 1.807) is 0 Å². The van der Waals surface area contributed by atoms with Crippen LogP contribution in [0.4, 0.5) is 22.7 Å². The summed E-state index contributed by atoms with van der Waals surface area (Å²) >= 11 is 0. The van der Waals surface area contributed by atoms with Crippen LogP contribution in [0.5, 0.6) is 0 Å². The Morgan fingerprint density at radius 3 is 0.962 bits per heavy atom. The van der Waals surface area contributed by atoms with Crippen LogP contribution in [0.3, 0.4) is 0 Å². The molecule has 0 unspecified atom stereocenters. The first-order valence-corrected chi connectivity index (χ1v) is 47.6. The highest BCUT2D eigenvalue weighted by molar-refractivity contribution is 7.00. The standard InChI is InChI=1S/C126H128BN3O2/c1-118(2,3)79-52-53-106-98(70-79)91-38-28-31-47-105(91)130(106)88-71-103-115-104(72-88)129-117-100(112-90(78-60-86(125(22,23)24)69-87(61-78)126(25,26)27)42-35-44-93(112)95-46-37-51-110-114(95)97-40-30-33-49-108(97)132-110)63-76(74-56-82(121(10,11)12)67-83(57-74)122(13,14)15)65-102(117)127(115)101-64-75(73-54-80(119(4,5)6)66-81(55-73)120(7,8)9)62-99(116(101)128-103)111-89(77-58-84(123(16,17)18)68-85(59-77)124(19,20)21)41-34-43-92(111)94-45-36-50-109-113(94)96-39-29-32-48-107(96)131-109/h28-72,128-129H,1-27H3/i28D,31D,38D,47D. The van der Waals surface area contributed by atoms with E-state index in [0.29, 0.717) is 16.6 Å². The van der Waals surface area contributed by atoms with Crippen LogP contribution in [0.25, 0.3) is 160 Å². The van der Waals surface area contributed by atoms with Gasteiger partial charge in [0, 0.05) is 66.2 Å². The molecule has 0 amide bonds. The molecule has 5 nitrogen and oxygen atoms in total. The summed E-state index contributed by atoms with van der Waals surface area (Å²) in [4.78, 5) is 0. The summed E-state index contributed by atoms with van der Waals surface area (Å²) < 4.78 is 55.7. The largest absolute Gasteiger partial charge is 0.456 e. The molecule has 662 valence electrons. The molecule has 6 heteroatoms. The highest BCUT2D eigenvalue weighted by Gasteiger charge is 2.43. The maximum absolute atomic E-state index is 10.3.